The Hall–Kier alpha value is -1.89. The minimum Gasteiger partial charge on any atom is -0.550 e. The predicted molar refractivity (Wildman–Crippen MR) is 175 cm³/mol. The number of carbonyl (C=O) groups excluding carboxylic acids is 1. The van der Waals surface area contributed by atoms with Gasteiger partial charge in [0.15, 0.2) is 0 Å². The number of quaternary nitrogens is 1. The van der Waals surface area contributed by atoms with Gasteiger partial charge in [-0.05, 0) is 57.8 Å². The molecule has 7 nitrogen and oxygen atoms in total. The van der Waals surface area contributed by atoms with Gasteiger partial charge in [0.1, 0.15) is 0 Å². The zero-order valence-electron chi connectivity index (χ0n) is 27.8. The van der Waals surface area contributed by atoms with Crippen LogP contribution in [-0.2, 0) is 14.4 Å². The maximum absolute atomic E-state index is 11.0. The van der Waals surface area contributed by atoms with Gasteiger partial charge >= 0.3 is 11.9 Å². The SMILES string of the molecule is CCCCCCCCCCCCCCCCC/C=C/CC[N+](CCCCC(=O)[O-])(CCCCC(=O)O)CCCCC(=O)O. The second-order valence-corrected chi connectivity index (χ2v) is 12.8. The van der Waals surface area contributed by atoms with E-state index in [-0.39, 0.29) is 19.3 Å². The lowest BCUT2D eigenvalue weighted by Gasteiger charge is -2.39. The van der Waals surface area contributed by atoms with Crippen LogP contribution in [0.25, 0.3) is 0 Å². The summed E-state index contributed by atoms with van der Waals surface area (Å²) in [6, 6.07) is 0. The molecule has 0 aromatic carbocycles. The Labute approximate surface area is 264 Å². The van der Waals surface area contributed by atoms with E-state index in [9.17, 15) is 19.5 Å². The van der Waals surface area contributed by atoms with Crippen molar-refractivity contribution in [2.75, 3.05) is 26.2 Å². The molecule has 0 atom stereocenters. The average Bonchev–Trinajstić information content (AvgIpc) is 2.96. The van der Waals surface area contributed by atoms with Gasteiger partial charge in [-0.2, -0.15) is 0 Å². The van der Waals surface area contributed by atoms with E-state index in [2.05, 4.69) is 19.1 Å². The Morgan fingerprint density at radius 1 is 0.488 bits per heavy atom. The molecular weight excluding hydrogens is 542 g/mol. The first-order valence-electron chi connectivity index (χ1n) is 17.9. The molecule has 2 N–H and O–H groups in total. The van der Waals surface area contributed by atoms with Crippen molar-refractivity contribution in [3.8, 4) is 0 Å². The van der Waals surface area contributed by atoms with Gasteiger partial charge in [0.25, 0.3) is 0 Å². The molecule has 7 heteroatoms. The molecule has 0 aromatic rings. The maximum atomic E-state index is 11.0. The minimum absolute atomic E-state index is 0.0528. The predicted octanol–water partition coefficient (Wildman–Crippen LogP) is 8.44. The molecule has 0 rings (SSSR count). The van der Waals surface area contributed by atoms with E-state index in [1.807, 2.05) is 0 Å². The topological polar surface area (TPSA) is 115 Å². The lowest BCUT2D eigenvalue weighted by molar-refractivity contribution is -0.928. The van der Waals surface area contributed by atoms with Crippen LogP contribution < -0.4 is 5.11 Å². The smallest absolute Gasteiger partial charge is 0.303 e. The van der Waals surface area contributed by atoms with Crippen molar-refractivity contribution < 1.29 is 34.2 Å². The fourth-order valence-corrected chi connectivity index (χ4v) is 6.05. The van der Waals surface area contributed by atoms with Crippen molar-refractivity contribution in [2.45, 2.75) is 174 Å². The number of unbranched alkanes of at least 4 members (excludes halogenated alkanes) is 18. The van der Waals surface area contributed by atoms with Gasteiger partial charge in [0.05, 0.1) is 26.2 Å². The number of carboxylic acids is 3. The highest BCUT2D eigenvalue weighted by molar-refractivity contribution is 5.66. The zero-order chi connectivity index (χ0) is 31.9. The van der Waals surface area contributed by atoms with Crippen molar-refractivity contribution in [3.63, 3.8) is 0 Å². The van der Waals surface area contributed by atoms with E-state index in [0.717, 1.165) is 62.8 Å². The molecule has 0 aliphatic heterocycles. The summed E-state index contributed by atoms with van der Waals surface area (Å²) in [4.78, 5) is 32.9. The Morgan fingerprint density at radius 3 is 1.26 bits per heavy atom. The summed E-state index contributed by atoms with van der Waals surface area (Å²) in [5.41, 5.74) is 0. The van der Waals surface area contributed by atoms with Crippen molar-refractivity contribution in [1.29, 1.82) is 0 Å². The van der Waals surface area contributed by atoms with Crippen LogP contribution in [-0.4, -0.2) is 58.8 Å². The number of hydrogen-bond acceptors (Lipinski definition) is 4. The molecule has 0 spiro atoms. The first kappa shape index (κ1) is 41.1. The molecule has 0 aromatic heterocycles. The summed E-state index contributed by atoms with van der Waals surface area (Å²) in [7, 11) is 0. The van der Waals surface area contributed by atoms with E-state index in [1.165, 1.54) is 96.3 Å². The van der Waals surface area contributed by atoms with Gasteiger partial charge in [-0.3, -0.25) is 9.59 Å². The van der Waals surface area contributed by atoms with Crippen molar-refractivity contribution in [1.82, 2.24) is 0 Å². The zero-order valence-corrected chi connectivity index (χ0v) is 27.8. The molecule has 0 fully saturated rings. The Kier molecular flexibility index (Phi) is 28.8. The molecule has 0 aliphatic carbocycles. The lowest BCUT2D eigenvalue weighted by atomic mass is 10.0. The van der Waals surface area contributed by atoms with Gasteiger partial charge in [-0.1, -0.05) is 109 Å². The molecule has 0 radical (unpaired) electrons. The summed E-state index contributed by atoms with van der Waals surface area (Å²) in [5.74, 6) is -2.59. The van der Waals surface area contributed by atoms with Crippen LogP contribution in [0.3, 0.4) is 0 Å². The third kappa shape index (κ3) is 29.9. The van der Waals surface area contributed by atoms with E-state index in [4.69, 9.17) is 10.2 Å². The molecule has 0 bridgehead atoms. The minimum atomic E-state index is -1.03. The first-order chi connectivity index (χ1) is 20.8. The van der Waals surface area contributed by atoms with Crippen molar-refractivity contribution >= 4 is 17.9 Å². The van der Waals surface area contributed by atoms with Crippen molar-refractivity contribution in [2.24, 2.45) is 0 Å². The van der Waals surface area contributed by atoms with Crippen LogP contribution in [0.2, 0.25) is 0 Å². The number of carboxylic acid groups (broad SMARTS) is 3. The molecular formula is C36H67NO6. The van der Waals surface area contributed by atoms with Crippen LogP contribution in [0, 0.1) is 0 Å². The van der Waals surface area contributed by atoms with E-state index in [0.29, 0.717) is 19.3 Å². The summed E-state index contributed by atoms with van der Waals surface area (Å²) in [6.07, 6.45) is 31.7. The summed E-state index contributed by atoms with van der Waals surface area (Å²) >= 11 is 0. The molecule has 0 saturated carbocycles. The standard InChI is InChI=1S/C36H67NO6/c1-2-3-4-5-6-7-8-9-10-11-12-13-14-15-16-17-18-19-23-30-37(31-24-20-27-34(38)39,32-25-21-28-35(40)41)33-26-22-29-36(42)43/h18-19H,2-17,20-33H2,1H3,(H2-,38,39,40,41,42,43)/b19-18+. The number of nitrogens with zero attached hydrogens (tertiary/aromatic N) is 1. The maximum Gasteiger partial charge on any atom is 0.303 e. The van der Waals surface area contributed by atoms with Crippen LogP contribution in [0.4, 0.5) is 0 Å². The largest absolute Gasteiger partial charge is 0.550 e. The average molecular weight is 610 g/mol. The molecule has 0 aliphatic rings. The third-order valence-electron chi connectivity index (χ3n) is 8.72. The summed E-state index contributed by atoms with van der Waals surface area (Å²) in [5, 5.41) is 29.0. The third-order valence-corrected chi connectivity index (χ3v) is 8.72. The highest BCUT2D eigenvalue weighted by Gasteiger charge is 2.25. The quantitative estimate of drug-likeness (QED) is 0.0430. The van der Waals surface area contributed by atoms with Gasteiger partial charge in [0.2, 0.25) is 0 Å². The molecule has 252 valence electrons. The van der Waals surface area contributed by atoms with Gasteiger partial charge in [0, 0.05) is 25.2 Å². The van der Waals surface area contributed by atoms with E-state index in [1.54, 1.807) is 0 Å². The van der Waals surface area contributed by atoms with Crippen LogP contribution >= 0.6 is 0 Å². The second-order valence-electron chi connectivity index (χ2n) is 12.8. The molecule has 0 heterocycles. The van der Waals surface area contributed by atoms with E-state index >= 15 is 0 Å². The number of carbonyl (C=O) groups is 3. The van der Waals surface area contributed by atoms with Crippen LogP contribution in [0.1, 0.15) is 174 Å². The second kappa shape index (κ2) is 30.1. The van der Waals surface area contributed by atoms with Crippen LogP contribution in [0.15, 0.2) is 12.2 Å². The normalized spacial score (nSPS) is 11.8. The number of hydrogen-bond donors (Lipinski definition) is 2. The first-order valence-corrected chi connectivity index (χ1v) is 17.9. The van der Waals surface area contributed by atoms with Gasteiger partial charge < -0.3 is 24.6 Å². The monoisotopic (exact) mass is 609 g/mol. The summed E-state index contributed by atoms with van der Waals surface area (Å²) < 4.78 is 0.801. The molecule has 0 unspecified atom stereocenters. The number of allylic oxidation sites excluding steroid dienone is 1. The van der Waals surface area contributed by atoms with Crippen LogP contribution in [0.5, 0.6) is 0 Å². The molecule has 43 heavy (non-hydrogen) atoms. The van der Waals surface area contributed by atoms with Gasteiger partial charge in [-0.25, -0.2) is 0 Å². The molecule has 0 amide bonds. The fourth-order valence-electron chi connectivity index (χ4n) is 6.05. The Morgan fingerprint density at radius 2 is 0.860 bits per heavy atom. The Balaban J connectivity index is 4.35. The lowest BCUT2D eigenvalue weighted by Crippen LogP contribution is -2.50. The fraction of sp³-hybridized carbons (Fsp3) is 0.861. The molecule has 0 saturated heterocycles. The van der Waals surface area contributed by atoms with E-state index < -0.39 is 17.9 Å². The summed E-state index contributed by atoms with van der Waals surface area (Å²) in [6.45, 7) is 5.72. The highest BCUT2D eigenvalue weighted by Crippen LogP contribution is 2.19. The highest BCUT2D eigenvalue weighted by atomic mass is 16.4. The van der Waals surface area contributed by atoms with Crippen molar-refractivity contribution in [3.05, 3.63) is 12.2 Å². The number of aliphatic carboxylic acids is 3. The Bertz CT molecular complexity index is 653. The van der Waals surface area contributed by atoms with Gasteiger partial charge in [-0.15, -0.1) is 0 Å². The number of rotatable bonds is 34.